The lowest BCUT2D eigenvalue weighted by Crippen LogP contribution is -2.46. The number of carbonyl (C=O) groups is 1. The normalized spacial score (nSPS) is 13.0. The second-order valence-corrected chi connectivity index (χ2v) is 9.38. The van der Waals surface area contributed by atoms with Crippen molar-refractivity contribution >= 4 is 42.6 Å². The first-order valence-electron chi connectivity index (χ1n) is 8.52. The Morgan fingerprint density at radius 2 is 1.81 bits per heavy atom. The third-order valence-electron chi connectivity index (χ3n) is 4.06. The van der Waals surface area contributed by atoms with Crippen molar-refractivity contribution < 1.29 is 13.2 Å². The Morgan fingerprint density at radius 3 is 2.48 bits per heavy atom. The third-order valence-corrected chi connectivity index (χ3v) is 6.45. The van der Waals surface area contributed by atoms with Crippen LogP contribution >= 0.6 is 11.3 Å². The Balaban J connectivity index is 1.80. The molecule has 3 aromatic rings. The van der Waals surface area contributed by atoms with Crippen molar-refractivity contribution in [3.63, 3.8) is 0 Å². The molecule has 0 fully saturated rings. The number of sulfonamides is 1. The number of hydrogen-bond acceptors (Lipinski definition) is 5. The van der Waals surface area contributed by atoms with E-state index in [1.165, 1.54) is 23.5 Å². The number of aryl methyl sites for hydroxylation is 1. The highest BCUT2D eigenvalue weighted by Crippen LogP contribution is 2.27. The SMILES string of the molecule is Cc1ccc2nc(NC(=O)C(NS(=O)(=O)c3ccccc3)C(C)C)sc2c1. The van der Waals surface area contributed by atoms with E-state index in [0.29, 0.717) is 5.13 Å². The maximum atomic E-state index is 12.7. The summed E-state index contributed by atoms with van der Waals surface area (Å²) in [5.41, 5.74) is 1.91. The number of fused-ring (bicyclic) bond motifs is 1. The van der Waals surface area contributed by atoms with E-state index in [1.807, 2.05) is 25.1 Å². The molecule has 0 aliphatic rings. The summed E-state index contributed by atoms with van der Waals surface area (Å²) >= 11 is 1.36. The topological polar surface area (TPSA) is 88.2 Å². The van der Waals surface area contributed by atoms with E-state index >= 15 is 0 Å². The Bertz CT molecular complexity index is 1060. The predicted octanol–water partition coefficient (Wildman–Crippen LogP) is 3.55. The highest BCUT2D eigenvalue weighted by atomic mass is 32.2. The predicted molar refractivity (Wildman–Crippen MR) is 108 cm³/mol. The molecule has 27 heavy (non-hydrogen) atoms. The number of anilines is 1. The minimum absolute atomic E-state index is 0.124. The first kappa shape index (κ1) is 19.5. The molecule has 2 N–H and O–H groups in total. The molecule has 142 valence electrons. The van der Waals surface area contributed by atoms with Crippen LogP contribution in [0.3, 0.4) is 0 Å². The third kappa shape index (κ3) is 4.52. The highest BCUT2D eigenvalue weighted by Gasteiger charge is 2.29. The molecule has 1 heterocycles. The number of rotatable bonds is 6. The number of benzene rings is 2. The van der Waals surface area contributed by atoms with Crippen LogP contribution in [0.5, 0.6) is 0 Å². The molecule has 1 aromatic heterocycles. The second-order valence-electron chi connectivity index (χ2n) is 6.64. The molecule has 0 saturated carbocycles. The number of amides is 1. The maximum Gasteiger partial charge on any atom is 0.244 e. The molecule has 0 bridgehead atoms. The first-order valence-corrected chi connectivity index (χ1v) is 10.8. The van der Waals surface area contributed by atoms with Gasteiger partial charge in [0.05, 0.1) is 15.1 Å². The number of hydrogen-bond donors (Lipinski definition) is 2. The smallest absolute Gasteiger partial charge is 0.244 e. The maximum absolute atomic E-state index is 12.7. The molecule has 3 rings (SSSR count). The van der Waals surface area contributed by atoms with Gasteiger partial charge in [-0.3, -0.25) is 4.79 Å². The van der Waals surface area contributed by atoms with Crippen LogP contribution in [-0.4, -0.2) is 25.4 Å². The number of nitrogens with zero attached hydrogens (tertiary/aromatic N) is 1. The zero-order valence-electron chi connectivity index (χ0n) is 15.3. The standard InChI is InChI=1S/C19H21N3O3S2/c1-12(2)17(22-27(24,25)14-7-5-4-6-8-14)18(23)21-19-20-15-10-9-13(3)11-16(15)26-19/h4-12,17,22H,1-3H3,(H,20,21,23). The lowest BCUT2D eigenvalue weighted by Gasteiger charge is -2.21. The molecule has 0 saturated heterocycles. The summed E-state index contributed by atoms with van der Waals surface area (Å²) in [6, 6.07) is 12.9. The van der Waals surface area contributed by atoms with Crippen molar-refractivity contribution in [2.75, 3.05) is 5.32 Å². The number of nitrogens with one attached hydrogen (secondary N) is 2. The summed E-state index contributed by atoms with van der Waals surface area (Å²) < 4.78 is 28.6. The van der Waals surface area contributed by atoms with E-state index in [1.54, 1.807) is 32.0 Å². The monoisotopic (exact) mass is 403 g/mol. The molecule has 1 amide bonds. The fourth-order valence-corrected chi connectivity index (χ4v) is 4.93. The van der Waals surface area contributed by atoms with Gasteiger partial charge in [-0.1, -0.05) is 49.4 Å². The van der Waals surface area contributed by atoms with E-state index in [2.05, 4.69) is 15.0 Å². The van der Waals surface area contributed by atoms with E-state index in [9.17, 15) is 13.2 Å². The minimum Gasteiger partial charge on any atom is -0.301 e. The molecule has 0 aliphatic carbocycles. The first-order chi connectivity index (χ1) is 12.8. The average Bonchev–Trinajstić information content (AvgIpc) is 3.01. The van der Waals surface area contributed by atoms with Gasteiger partial charge < -0.3 is 5.32 Å². The van der Waals surface area contributed by atoms with E-state index in [4.69, 9.17) is 0 Å². The molecule has 1 unspecified atom stereocenters. The van der Waals surface area contributed by atoms with Gasteiger partial charge in [0, 0.05) is 0 Å². The fourth-order valence-electron chi connectivity index (χ4n) is 2.60. The van der Waals surface area contributed by atoms with Crippen LogP contribution in [0.2, 0.25) is 0 Å². The molecular weight excluding hydrogens is 382 g/mol. The lowest BCUT2D eigenvalue weighted by molar-refractivity contribution is -0.118. The van der Waals surface area contributed by atoms with Gasteiger partial charge in [-0.05, 0) is 42.7 Å². The number of carbonyl (C=O) groups excluding carboxylic acids is 1. The summed E-state index contributed by atoms with van der Waals surface area (Å²) in [4.78, 5) is 17.3. The summed E-state index contributed by atoms with van der Waals surface area (Å²) in [6.07, 6.45) is 0. The van der Waals surface area contributed by atoms with Crippen molar-refractivity contribution in [2.24, 2.45) is 5.92 Å². The largest absolute Gasteiger partial charge is 0.301 e. The second kappa shape index (κ2) is 7.75. The Labute approximate surface area is 162 Å². The summed E-state index contributed by atoms with van der Waals surface area (Å²) in [5.74, 6) is -0.666. The Morgan fingerprint density at radius 1 is 1.11 bits per heavy atom. The fraction of sp³-hybridized carbons (Fsp3) is 0.263. The minimum atomic E-state index is -3.80. The van der Waals surface area contributed by atoms with Crippen LogP contribution < -0.4 is 10.0 Å². The van der Waals surface area contributed by atoms with Gasteiger partial charge in [0.25, 0.3) is 0 Å². The molecule has 1 atom stereocenters. The van der Waals surface area contributed by atoms with Gasteiger partial charge in [0.15, 0.2) is 5.13 Å². The summed E-state index contributed by atoms with van der Waals surface area (Å²) in [5, 5.41) is 3.20. The van der Waals surface area contributed by atoms with Crippen molar-refractivity contribution in [1.29, 1.82) is 0 Å². The zero-order valence-corrected chi connectivity index (χ0v) is 16.9. The number of aromatic nitrogens is 1. The summed E-state index contributed by atoms with van der Waals surface area (Å²) in [6.45, 7) is 5.57. The average molecular weight is 404 g/mol. The molecular formula is C19H21N3O3S2. The van der Waals surface area contributed by atoms with Crippen LogP contribution in [0.4, 0.5) is 5.13 Å². The van der Waals surface area contributed by atoms with E-state index in [0.717, 1.165) is 15.8 Å². The van der Waals surface area contributed by atoms with Crippen LogP contribution in [0, 0.1) is 12.8 Å². The molecule has 2 aromatic carbocycles. The van der Waals surface area contributed by atoms with Crippen LogP contribution in [0.1, 0.15) is 19.4 Å². The van der Waals surface area contributed by atoms with Gasteiger partial charge >= 0.3 is 0 Å². The van der Waals surface area contributed by atoms with Crippen molar-refractivity contribution in [2.45, 2.75) is 31.7 Å². The molecule has 0 radical (unpaired) electrons. The van der Waals surface area contributed by atoms with Crippen molar-refractivity contribution in [1.82, 2.24) is 9.71 Å². The van der Waals surface area contributed by atoms with Gasteiger partial charge in [-0.2, -0.15) is 4.72 Å². The van der Waals surface area contributed by atoms with Crippen LogP contribution in [-0.2, 0) is 14.8 Å². The molecule has 8 heteroatoms. The van der Waals surface area contributed by atoms with Crippen LogP contribution in [0.15, 0.2) is 53.4 Å². The van der Waals surface area contributed by atoms with E-state index < -0.39 is 22.0 Å². The van der Waals surface area contributed by atoms with E-state index in [-0.39, 0.29) is 10.8 Å². The Hall–Kier alpha value is -2.29. The van der Waals surface area contributed by atoms with Gasteiger partial charge in [-0.15, -0.1) is 0 Å². The van der Waals surface area contributed by atoms with Gasteiger partial charge in [0.1, 0.15) is 6.04 Å². The summed E-state index contributed by atoms with van der Waals surface area (Å²) in [7, 11) is -3.80. The molecule has 6 nitrogen and oxygen atoms in total. The lowest BCUT2D eigenvalue weighted by atomic mass is 10.1. The number of thiazole rings is 1. The quantitative estimate of drug-likeness (QED) is 0.659. The van der Waals surface area contributed by atoms with Gasteiger partial charge in [-0.25, -0.2) is 13.4 Å². The Kier molecular flexibility index (Phi) is 5.59. The van der Waals surface area contributed by atoms with Crippen molar-refractivity contribution in [3.05, 3.63) is 54.1 Å². The molecule has 0 spiro atoms. The van der Waals surface area contributed by atoms with Crippen molar-refractivity contribution in [3.8, 4) is 0 Å². The molecule has 0 aliphatic heterocycles. The highest BCUT2D eigenvalue weighted by molar-refractivity contribution is 7.89. The zero-order chi connectivity index (χ0) is 19.6. The van der Waals surface area contributed by atoms with Gasteiger partial charge in [0.2, 0.25) is 15.9 Å². The van der Waals surface area contributed by atoms with Crippen LogP contribution in [0.25, 0.3) is 10.2 Å².